The third-order valence-electron chi connectivity index (χ3n) is 4.34. The highest BCUT2D eigenvalue weighted by atomic mass is 79.9. The molecule has 0 unspecified atom stereocenters. The number of thiophene rings is 1. The summed E-state index contributed by atoms with van der Waals surface area (Å²) in [4.78, 5) is 21.2. The standard InChI is InChI=1S/C17H17BrN2O3S2.C2HF3O2/c1-2-11-19-16(21)17(9-10-17)12-3-5-13(6-4-12)20-25(22,23)15-8-7-14(18)24-15;3-2(4,5)1(6)7/h2-8,20H,1,9-11H2,(H,19,21);(H,6,7). The molecule has 0 bridgehead atoms. The molecular weight excluding hydrogens is 537 g/mol. The van der Waals surface area contributed by atoms with Gasteiger partial charge >= 0.3 is 12.1 Å². The lowest BCUT2D eigenvalue weighted by atomic mass is 9.95. The van der Waals surface area contributed by atoms with Crippen molar-refractivity contribution in [3.8, 4) is 0 Å². The number of rotatable bonds is 7. The number of carbonyl (C=O) groups excluding carboxylic acids is 1. The first-order valence-electron chi connectivity index (χ1n) is 8.90. The third kappa shape index (κ3) is 6.56. The number of aliphatic carboxylic acids is 1. The number of hydrogen-bond donors (Lipinski definition) is 3. The second kappa shape index (κ2) is 10.0. The smallest absolute Gasteiger partial charge is 0.475 e. The lowest BCUT2D eigenvalue weighted by molar-refractivity contribution is -0.192. The fourth-order valence-electron chi connectivity index (χ4n) is 2.61. The van der Waals surface area contributed by atoms with Gasteiger partial charge in [-0.2, -0.15) is 13.2 Å². The Morgan fingerprint density at radius 1 is 1.19 bits per heavy atom. The molecule has 0 saturated heterocycles. The monoisotopic (exact) mass is 554 g/mol. The predicted molar refractivity (Wildman–Crippen MR) is 117 cm³/mol. The molecule has 1 aromatic heterocycles. The Bertz CT molecular complexity index is 1090. The van der Waals surface area contributed by atoms with E-state index in [2.05, 4.69) is 32.5 Å². The van der Waals surface area contributed by atoms with E-state index in [1.54, 1.807) is 30.3 Å². The molecule has 1 saturated carbocycles. The first-order chi connectivity index (χ1) is 14.8. The predicted octanol–water partition coefficient (Wildman–Crippen LogP) is 4.28. The fraction of sp³-hybridized carbons (Fsp3) is 0.263. The maximum absolute atomic E-state index is 12.3. The molecule has 0 aliphatic heterocycles. The summed E-state index contributed by atoms with van der Waals surface area (Å²) >= 11 is 4.41. The lowest BCUT2D eigenvalue weighted by Crippen LogP contribution is -2.34. The summed E-state index contributed by atoms with van der Waals surface area (Å²) in [5.74, 6) is -2.77. The topological polar surface area (TPSA) is 113 Å². The van der Waals surface area contributed by atoms with Crippen molar-refractivity contribution in [2.75, 3.05) is 11.3 Å². The summed E-state index contributed by atoms with van der Waals surface area (Å²) in [6.45, 7) is 4.04. The highest BCUT2D eigenvalue weighted by molar-refractivity contribution is 9.11. The van der Waals surface area contributed by atoms with Crippen molar-refractivity contribution in [1.82, 2.24) is 5.32 Å². The van der Waals surface area contributed by atoms with Gasteiger partial charge in [-0.05, 0) is 58.6 Å². The molecule has 2 aromatic rings. The number of nitrogens with one attached hydrogen (secondary N) is 2. The number of sulfonamides is 1. The molecule has 0 atom stereocenters. The van der Waals surface area contributed by atoms with E-state index < -0.39 is 27.6 Å². The summed E-state index contributed by atoms with van der Waals surface area (Å²) in [6.07, 6.45) is -1.84. The van der Waals surface area contributed by atoms with E-state index in [0.29, 0.717) is 12.2 Å². The molecule has 1 amide bonds. The zero-order valence-electron chi connectivity index (χ0n) is 16.3. The molecule has 1 aliphatic rings. The van der Waals surface area contributed by atoms with E-state index in [4.69, 9.17) is 9.90 Å². The van der Waals surface area contributed by atoms with E-state index in [1.165, 1.54) is 0 Å². The average Bonchev–Trinajstić information content (AvgIpc) is 3.40. The van der Waals surface area contributed by atoms with E-state index in [9.17, 15) is 26.4 Å². The van der Waals surface area contributed by atoms with E-state index in [1.807, 2.05) is 12.1 Å². The Labute approximate surface area is 194 Å². The van der Waals surface area contributed by atoms with E-state index >= 15 is 0 Å². The second-order valence-electron chi connectivity index (χ2n) is 6.63. The van der Waals surface area contributed by atoms with Gasteiger partial charge in [0.1, 0.15) is 4.21 Å². The molecule has 0 radical (unpaired) electrons. The number of alkyl halides is 3. The molecule has 1 aromatic carbocycles. The summed E-state index contributed by atoms with van der Waals surface area (Å²) in [6, 6.07) is 10.2. The number of carboxylic acids is 1. The maximum Gasteiger partial charge on any atom is 0.490 e. The summed E-state index contributed by atoms with van der Waals surface area (Å²) < 4.78 is 60.0. The molecule has 13 heteroatoms. The zero-order chi connectivity index (χ0) is 24.2. The van der Waals surface area contributed by atoms with Crippen LogP contribution in [0.5, 0.6) is 0 Å². The summed E-state index contributed by atoms with van der Waals surface area (Å²) in [7, 11) is -3.61. The van der Waals surface area contributed by atoms with Gasteiger partial charge in [0.15, 0.2) is 0 Å². The summed E-state index contributed by atoms with van der Waals surface area (Å²) in [5, 5.41) is 9.96. The Balaban J connectivity index is 0.000000451. The molecular formula is C19H18BrF3N2O5S2. The quantitative estimate of drug-likeness (QED) is 0.442. The van der Waals surface area contributed by atoms with Crippen molar-refractivity contribution in [1.29, 1.82) is 0 Å². The first kappa shape index (κ1) is 25.9. The van der Waals surface area contributed by atoms with Gasteiger partial charge in [-0.1, -0.05) is 18.2 Å². The number of carboxylic acid groups (broad SMARTS) is 1. The fourth-order valence-corrected chi connectivity index (χ4v) is 5.68. The molecule has 1 aliphatic carbocycles. The number of benzene rings is 1. The minimum atomic E-state index is -5.08. The third-order valence-corrected chi connectivity index (χ3v) is 7.83. The Hall–Kier alpha value is -2.38. The minimum absolute atomic E-state index is 0.0100. The second-order valence-corrected chi connectivity index (χ2v) is 11.0. The first-order valence-corrected chi connectivity index (χ1v) is 12.0. The van der Waals surface area contributed by atoms with Crippen molar-refractivity contribution >= 4 is 54.9 Å². The molecule has 3 N–H and O–H groups in total. The van der Waals surface area contributed by atoms with Crippen LogP contribution in [0.4, 0.5) is 18.9 Å². The van der Waals surface area contributed by atoms with Crippen LogP contribution in [0.15, 0.2) is 57.0 Å². The highest BCUT2D eigenvalue weighted by Crippen LogP contribution is 2.48. The minimum Gasteiger partial charge on any atom is -0.475 e. The molecule has 32 heavy (non-hydrogen) atoms. The van der Waals surface area contributed by atoms with Gasteiger partial charge in [-0.15, -0.1) is 17.9 Å². The molecule has 1 heterocycles. The highest BCUT2D eigenvalue weighted by Gasteiger charge is 2.50. The van der Waals surface area contributed by atoms with Crippen molar-refractivity contribution < 1.29 is 36.3 Å². The number of carbonyl (C=O) groups is 2. The van der Waals surface area contributed by atoms with Crippen LogP contribution >= 0.6 is 27.3 Å². The molecule has 3 rings (SSSR count). The van der Waals surface area contributed by atoms with Crippen LogP contribution in [0.25, 0.3) is 0 Å². The van der Waals surface area contributed by atoms with Gasteiger partial charge in [0.05, 0.1) is 9.20 Å². The number of hydrogen-bond acceptors (Lipinski definition) is 5. The molecule has 174 valence electrons. The van der Waals surface area contributed by atoms with Crippen LogP contribution in [0.3, 0.4) is 0 Å². The van der Waals surface area contributed by atoms with E-state index in [-0.39, 0.29) is 10.1 Å². The largest absolute Gasteiger partial charge is 0.490 e. The number of halogens is 4. The average molecular weight is 555 g/mol. The van der Waals surface area contributed by atoms with Gasteiger partial charge < -0.3 is 10.4 Å². The van der Waals surface area contributed by atoms with Crippen LogP contribution < -0.4 is 10.0 Å². The van der Waals surface area contributed by atoms with Crippen LogP contribution in [-0.4, -0.2) is 38.1 Å². The Morgan fingerprint density at radius 2 is 1.75 bits per heavy atom. The molecule has 0 spiro atoms. The SMILES string of the molecule is C=CCNC(=O)C1(c2ccc(NS(=O)(=O)c3ccc(Br)s3)cc2)CC1.O=C(O)C(F)(F)F. The van der Waals surface area contributed by atoms with Crippen molar-refractivity contribution in [2.24, 2.45) is 0 Å². The van der Waals surface area contributed by atoms with Crippen LogP contribution in [0, 0.1) is 0 Å². The lowest BCUT2D eigenvalue weighted by Gasteiger charge is -2.16. The number of anilines is 1. The van der Waals surface area contributed by atoms with E-state index in [0.717, 1.165) is 33.5 Å². The van der Waals surface area contributed by atoms with Gasteiger partial charge in [0, 0.05) is 12.2 Å². The molecule has 1 fully saturated rings. The van der Waals surface area contributed by atoms with Crippen LogP contribution in [0.1, 0.15) is 18.4 Å². The Kier molecular flexibility index (Phi) is 8.12. The van der Waals surface area contributed by atoms with Crippen molar-refractivity contribution in [2.45, 2.75) is 28.6 Å². The van der Waals surface area contributed by atoms with Gasteiger partial charge in [0.25, 0.3) is 10.0 Å². The zero-order valence-corrected chi connectivity index (χ0v) is 19.5. The van der Waals surface area contributed by atoms with Crippen LogP contribution in [0.2, 0.25) is 0 Å². The Morgan fingerprint density at radius 3 is 2.16 bits per heavy atom. The molecule has 7 nitrogen and oxygen atoms in total. The van der Waals surface area contributed by atoms with Gasteiger partial charge in [-0.25, -0.2) is 13.2 Å². The normalized spacial score (nSPS) is 14.5. The van der Waals surface area contributed by atoms with Crippen molar-refractivity contribution in [3.63, 3.8) is 0 Å². The van der Waals surface area contributed by atoms with Crippen LogP contribution in [-0.2, 0) is 25.0 Å². The summed E-state index contributed by atoms with van der Waals surface area (Å²) in [5.41, 5.74) is 0.880. The van der Waals surface area contributed by atoms with Gasteiger partial charge in [0.2, 0.25) is 5.91 Å². The van der Waals surface area contributed by atoms with Crippen molar-refractivity contribution in [3.05, 3.63) is 58.4 Å². The number of amides is 1. The van der Waals surface area contributed by atoms with Gasteiger partial charge in [-0.3, -0.25) is 9.52 Å². The maximum atomic E-state index is 12.3.